The monoisotopic (exact) mass is 281 g/mol. The van der Waals surface area contributed by atoms with Crippen LogP contribution < -0.4 is 14.2 Å². The lowest BCUT2D eigenvalue weighted by molar-refractivity contribution is -0.689. The molecule has 0 N–H and O–H groups in total. The number of hydrogen-bond acceptors (Lipinski definition) is 2. The third kappa shape index (κ3) is 2.64. The number of rotatable bonds is 3. The van der Waals surface area contributed by atoms with E-state index in [1.807, 2.05) is 14.1 Å². The molecule has 3 nitrogen and oxygen atoms in total. The molecule has 0 fully saturated rings. The van der Waals surface area contributed by atoms with Gasteiger partial charge >= 0.3 is 0 Å². The van der Waals surface area contributed by atoms with Gasteiger partial charge in [0.25, 0.3) is 0 Å². The third-order valence-electron chi connectivity index (χ3n) is 3.95. The number of hydrogen-bond donors (Lipinski definition) is 0. The normalized spacial score (nSPS) is 15.1. The molecule has 1 aliphatic rings. The maximum absolute atomic E-state index is 5.56. The van der Waals surface area contributed by atoms with Gasteiger partial charge in [-0.3, -0.25) is 0 Å². The molecule has 1 aliphatic heterocycles. The summed E-state index contributed by atoms with van der Waals surface area (Å²) in [5.74, 6) is 0.920. The average molecular weight is 281 g/mol. The van der Waals surface area contributed by atoms with Crippen LogP contribution in [0.2, 0.25) is 0 Å². The quantitative estimate of drug-likeness (QED) is 0.804. The molecule has 0 bridgehead atoms. The predicted octanol–water partition coefficient (Wildman–Crippen LogP) is 2.99. The summed E-state index contributed by atoms with van der Waals surface area (Å²) in [5, 5.41) is 0. The molecule has 3 heteroatoms. The summed E-state index contributed by atoms with van der Waals surface area (Å²) in [6.45, 7) is 1.06. The Kier molecular flexibility index (Phi) is 3.65. The van der Waals surface area contributed by atoms with Crippen molar-refractivity contribution in [3.05, 3.63) is 53.9 Å². The first kappa shape index (κ1) is 13.7. The second-order valence-corrected chi connectivity index (χ2v) is 5.52. The highest BCUT2D eigenvalue weighted by Gasteiger charge is 2.23. The topological polar surface area (TPSA) is 16.4 Å². The lowest BCUT2D eigenvalue weighted by Gasteiger charge is -2.15. The van der Waals surface area contributed by atoms with Gasteiger partial charge < -0.3 is 9.64 Å². The predicted molar refractivity (Wildman–Crippen MR) is 86.4 cm³/mol. The lowest BCUT2D eigenvalue weighted by atomic mass is 10.1. The molecule has 1 aromatic carbocycles. The molecule has 0 aliphatic carbocycles. The van der Waals surface area contributed by atoms with Gasteiger partial charge in [-0.1, -0.05) is 0 Å². The van der Waals surface area contributed by atoms with E-state index in [1.54, 1.807) is 7.11 Å². The zero-order chi connectivity index (χ0) is 14.8. The first-order valence-corrected chi connectivity index (χ1v) is 7.24. The molecule has 0 unspecified atom stereocenters. The third-order valence-corrected chi connectivity index (χ3v) is 3.95. The molecule has 0 spiro atoms. The molecule has 0 radical (unpaired) electrons. The minimum Gasteiger partial charge on any atom is -0.496 e. The van der Waals surface area contributed by atoms with Gasteiger partial charge in [-0.05, 0) is 24.3 Å². The Morgan fingerprint density at radius 1 is 1.19 bits per heavy atom. The zero-order valence-corrected chi connectivity index (χ0v) is 12.8. The van der Waals surface area contributed by atoms with Crippen molar-refractivity contribution in [1.82, 2.24) is 0 Å². The van der Waals surface area contributed by atoms with Crippen LogP contribution in [0.5, 0.6) is 5.75 Å². The minimum atomic E-state index is 0.920. The van der Waals surface area contributed by atoms with Gasteiger partial charge in [0.15, 0.2) is 12.7 Å². The summed E-state index contributed by atoms with van der Waals surface area (Å²) in [7, 11) is 5.81. The number of benzene rings is 1. The first-order valence-electron chi connectivity index (χ1n) is 7.24. The van der Waals surface area contributed by atoms with E-state index >= 15 is 0 Å². The van der Waals surface area contributed by atoms with Crippen LogP contribution in [-0.4, -0.2) is 21.2 Å². The fourth-order valence-electron chi connectivity index (χ4n) is 2.76. The van der Waals surface area contributed by atoms with Crippen LogP contribution in [0, 0.1) is 0 Å². The van der Waals surface area contributed by atoms with Gasteiger partial charge in [-0.15, -0.1) is 0 Å². The van der Waals surface area contributed by atoms with Crippen molar-refractivity contribution in [3.63, 3.8) is 0 Å². The fraction of sp³-hybridized carbons (Fsp3) is 0.278. The standard InChI is InChI=1S/C18H21N2O/c1-19(2)16-8-7-15(18(13-16)21-3)12-14-9-11-20-10-5-4-6-17(14)20/h4-8,10,12-13H,9,11H2,1-3H3/q+1. The number of nitrogens with zero attached hydrogens (tertiary/aromatic N) is 2. The highest BCUT2D eigenvalue weighted by molar-refractivity contribution is 5.82. The van der Waals surface area contributed by atoms with E-state index in [-0.39, 0.29) is 0 Å². The van der Waals surface area contributed by atoms with E-state index in [0.717, 1.165) is 30.0 Å². The van der Waals surface area contributed by atoms with Crippen LogP contribution >= 0.6 is 0 Å². The van der Waals surface area contributed by atoms with Crippen molar-refractivity contribution < 1.29 is 9.30 Å². The summed E-state index contributed by atoms with van der Waals surface area (Å²) < 4.78 is 7.85. The van der Waals surface area contributed by atoms with E-state index in [4.69, 9.17) is 4.74 Å². The average Bonchev–Trinajstić information content (AvgIpc) is 2.91. The second-order valence-electron chi connectivity index (χ2n) is 5.52. The smallest absolute Gasteiger partial charge is 0.208 e. The van der Waals surface area contributed by atoms with Gasteiger partial charge in [-0.25, -0.2) is 0 Å². The second kappa shape index (κ2) is 5.60. The van der Waals surface area contributed by atoms with E-state index in [9.17, 15) is 0 Å². The molecule has 1 aromatic heterocycles. The summed E-state index contributed by atoms with van der Waals surface area (Å²) in [4.78, 5) is 2.08. The number of ether oxygens (including phenoxy) is 1. The van der Waals surface area contributed by atoms with Crippen LogP contribution in [0.1, 0.15) is 17.7 Å². The molecule has 0 saturated heterocycles. The molecule has 0 atom stereocenters. The van der Waals surface area contributed by atoms with Crippen molar-refractivity contribution in [1.29, 1.82) is 0 Å². The number of allylic oxidation sites excluding steroid dienone is 1. The number of methoxy groups -OCH3 is 1. The van der Waals surface area contributed by atoms with Gasteiger partial charge in [-0.2, -0.15) is 4.57 Å². The Balaban J connectivity index is 2.01. The number of anilines is 1. The fourth-order valence-corrected chi connectivity index (χ4v) is 2.76. The SMILES string of the molecule is COc1cc(N(C)C)ccc1C=C1CC[n+]2ccccc21. The molecule has 0 amide bonds. The number of pyridine rings is 1. The van der Waals surface area contributed by atoms with Crippen molar-refractivity contribution >= 4 is 17.3 Å². The first-order chi connectivity index (χ1) is 10.2. The summed E-state index contributed by atoms with van der Waals surface area (Å²) in [6.07, 6.45) is 5.46. The van der Waals surface area contributed by atoms with Crippen LogP contribution in [-0.2, 0) is 6.54 Å². The molecule has 2 aromatic rings. The highest BCUT2D eigenvalue weighted by atomic mass is 16.5. The lowest BCUT2D eigenvalue weighted by Crippen LogP contribution is -2.31. The Morgan fingerprint density at radius 2 is 2.05 bits per heavy atom. The minimum absolute atomic E-state index is 0.920. The van der Waals surface area contributed by atoms with Crippen molar-refractivity contribution in [2.45, 2.75) is 13.0 Å². The van der Waals surface area contributed by atoms with E-state index in [0.29, 0.717) is 0 Å². The molecule has 108 valence electrons. The summed E-state index contributed by atoms with van der Waals surface area (Å²) in [5.41, 5.74) is 4.95. The van der Waals surface area contributed by atoms with Gasteiger partial charge in [0.1, 0.15) is 5.75 Å². The van der Waals surface area contributed by atoms with Crippen LogP contribution in [0.3, 0.4) is 0 Å². The van der Waals surface area contributed by atoms with Crippen LogP contribution in [0.4, 0.5) is 5.69 Å². The largest absolute Gasteiger partial charge is 0.496 e. The number of aryl methyl sites for hydroxylation is 1. The molecular weight excluding hydrogens is 260 g/mol. The van der Waals surface area contributed by atoms with Gasteiger partial charge in [0.2, 0.25) is 5.69 Å². The van der Waals surface area contributed by atoms with E-state index < -0.39 is 0 Å². The van der Waals surface area contributed by atoms with Gasteiger partial charge in [0, 0.05) is 55.5 Å². The number of fused-ring (bicyclic) bond motifs is 1. The summed E-state index contributed by atoms with van der Waals surface area (Å²) in [6, 6.07) is 12.7. The maximum Gasteiger partial charge on any atom is 0.208 e. The van der Waals surface area contributed by atoms with E-state index in [1.165, 1.54) is 11.3 Å². The molecule has 0 saturated carbocycles. The molecular formula is C18H21N2O+. The van der Waals surface area contributed by atoms with E-state index in [2.05, 4.69) is 58.1 Å². The number of aromatic nitrogens is 1. The van der Waals surface area contributed by atoms with Crippen LogP contribution in [0.15, 0.2) is 42.6 Å². The Hall–Kier alpha value is -2.29. The van der Waals surface area contributed by atoms with Crippen molar-refractivity contribution in [2.24, 2.45) is 0 Å². The van der Waals surface area contributed by atoms with Crippen molar-refractivity contribution in [3.8, 4) is 5.75 Å². The van der Waals surface area contributed by atoms with Crippen LogP contribution in [0.25, 0.3) is 11.6 Å². The molecule has 3 rings (SSSR count). The highest BCUT2D eigenvalue weighted by Crippen LogP contribution is 2.30. The van der Waals surface area contributed by atoms with Crippen molar-refractivity contribution in [2.75, 3.05) is 26.1 Å². The molecule has 21 heavy (non-hydrogen) atoms. The summed E-state index contributed by atoms with van der Waals surface area (Å²) >= 11 is 0. The zero-order valence-electron chi connectivity index (χ0n) is 12.8. The Labute approximate surface area is 126 Å². The Bertz CT molecular complexity index is 689. The van der Waals surface area contributed by atoms with Gasteiger partial charge in [0.05, 0.1) is 7.11 Å². The molecule has 2 heterocycles. The maximum atomic E-state index is 5.56. The Morgan fingerprint density at radius 3 is 2.81 bits per heavy atom.